The van der Waals surface area contributed by atoms with E-state index in [-0.39, 0.29) is 28.7 Å². The van der Waals surface area contributed by atoms with Gasteiger partial charge in [-0.05, 0) is 44.4 Å². The van der Waals surface area contributed by atoms with Crippen molar-refractivity contribution in [3.8, 4) is 0 Å². The Bertz CT molecular complexity index is 377. The molecule has 0 aromatic carbocycles. The summed E-state index contributed by atoms with van der Waals surface area (Å²) in [5, 5.41) is 8.90. The van der Waals surface area contributed by atoms with Gasteiger partial charge in [0.15, 0.2) is 0 Å². The molecule has 1 N–H and O–H groups in total. The Labute approximate surface area is 160 Å². The molecule has 4 heteroatoms. The number of hydrogen-bond acceptors (Lipinski definition) is 2. The highest BCUT2D eigenvalue weighted by atomic mass is 127. The van der Waals surface area contributed by atoms with Crippen molar-refractivity contribution in [3.05, 3.63) is 12.2 Å². The molecule has 2 fully saturated rings. The molecule has 6 atom stereocenters. The molecule has 0 radical (unpaired) electrons. The predicted octanol–water partition coefficient (Wildman–Crippen LogP) is 5.61. The summed E-state index contributed by atoms with van der Waals surface area (Å²) in [7, 11) is 0. The molecule has 1 saturated heterocycles. The van der Waals surface area contributed by atoms with E-state index in [9.17, 15) is 0 Å². The number of alkyl halides is 2. The molecule has 0 aromatic heterocycles. The van der Waals surface area contributed by atoms with Gasteiger partial charge in [0.1, 0.15) is 12.3 Å². The van der Waals surface area contributed by atoms with Crippen LogP contribution in [0.1, 0.15) is 71.1 Å². The fraction of sp³-hybridized carbons (Fsp3) is 0.900. The highest BCUT2D eigenvalue weighted by Crippen LogP contribution is 2.47. The van der Waals surface area contributed by atoms with E-state index in [1.807, 2.05) is 0 Å². The molecular weight excluding hydrogens is 418 g/mol. The van der Waals surface area contributed by atoms with E-state index in [2.05, 4.69) is 41.7 Å². The molecule has 1 heterocycles. The molecule has 1 aliphatic heterocycles. The second kappa shape index (κ2) is 11.1. The first-order valence-electron chi connectivity index (χ1n) is 9.90. The van der Waals surface area contributed by atoms with Crippen molar-refractivity contribution in [2.45, 2.75) is 93.4 Å². The van der Waals surface area contributed by atoms with Crippen molar-refractivity contribution < 1.29 is 14.2 Å². The second-order valence-corrected chi connectivity index (χ2v) is 9.01. The smallest absolute Gasteiger partial charge is 0.133 e. The van der Waals surface area contributed by atoms with Gasteiger partial charge >= 0.3 is 0 Å². The quantitative estimate of drug-likeness (QED) is 0.191. The van der Waals surface area contributed by atoms with Crippen LogP contribution in [-0.2, 0) is 4.74 Å². The molecule has 0 amide bonds. The Morgan fingerprint density at radius 3 is 2.79 bits per heavy atom. The summed E-state index contributed by atoms with van der Waals surface area (Å²) in [4.78, 5) is 0. The van der Waals surface area contributed by atoms with Gasteiger partial charge in [0.2, 0.25) is 0 Å². The lowest BCUT2D eigenvalue weighted by Crippen LogP contribution is -2.32. The van der Waals surface area contributed by atoms with E-state index >= 15 is 4.39 Å². The summed E-state index contributed by atoms with van der Waals surface area (Å²) in [5.74, 6) is 0.430. The maximum atomic E-state index is 15.0. The monoisotopic (exact) mass is 452 g/mol. The van der Waals surface area contributed by atoms with Crippen molar-refractivity contribution in [2.75, 3.05) is 6.61 Å². The zero-order chi connectivity index (χ0) is 17.4. The van der Waals surface area contributed by atoms with Gasteiger partial charge in [-0.2, -0.15) is 0 Å². The second-order valence-electron chi connectivity index (χ2n) is 7.42. The number of unbranched alkanes of at least 4 members (excludes halogenated alkanes) is 5. The molecule has 1 aliphatic carbocycles. The minimum Gasteiger partial charge on any atom is -0.396 e. The molecule has 0 spiro atoms. The van der Waals surface area contributed by atoms with Gasteiger partial charge in [-0.25, -0.2) is 4.39 Å². The Kier molecular flexibility index (Phi) is 9.56. The molecular formula is C20H34FIO2. The summed E-state index contributed by atoms with van der Waals surface area (Å²) >= 11 is 2.35. The first-order valence-corrected chi connectivity index (χ1v) is 11.1. The van der Waals surface area contributed by atoms with Crippen molar-refractivity contribution in [1.82, 2.24) is 0 Å². The van der Waals surface area contributed by atoms with Gasteiger partial charge < -0.3 is 9.84 Å². The van der Waals surface area contributed by atoms with E-state index in [0.717, 1.165) is 38.5 Å². The van der Waals surface area contributed by atoms with Gasteiger partial charge in [-0.3, -0.25) is 0 Å². The van der Waals surface area contributed by atoms with Crippen LogP contribution in [-0.4, -0.2) is 34.0 Å². The molecule has 0 bridgehead atoms. The summed E-state index contributed by atoms with van der Waals surface area (Å²) in [5.41, 5.74) is 0. The molecule has 1 saturated carbocycles. The van der Waals surface area contributed by atoms with Crippen LogP contribution >= 0.6 is 22.6 Å². The number of aliphatic hydroxyl groups is 1. The lowest BCUT2D eigenvalue weighted by atomic mass is 9.88. The lowest BCUT2D eigenvalue weighted by molar-refractivity contribution is 0.0270. The zero-order valence-corrected chi connectivity index (χ0v) is 17.2. The maximum absolute atomic E-state index is 15.0. The standard InChI is InChI=1S/C20H34FIO2/c1-2-3-4-5-6-7-10-15-12-13-17-18(15)19(21)20(24-17)16(22)11-8-9-14-23/h7,10,15-20,23H,2-6,8-9,11-14H2,1H3/t15-,16?,17?,18+,19?,20?/m0/s1. The van der Waals surface area contributed by atoms with E-state index < -0.39 is 6.17 Å². The summed E-state index contributed by atoms with van der Waals surface area (Å²) in [6.45, 7) is 2.46. The fourth-order valence-corrected chi connectivity index (χ4v) is 5.20. The lowest BCUT2D eigenvalue weighted by Gasteiger charge is -2.22. The van der Waals surface area contributed by atoms with E-state index in [1.54, 1.807) is 0 Å². The van der Waals surface area contributed by atoms with Gasteiger partial charge in [-0.1, -0.05) is 67.3 Å². The SMILES string of the molecule is CCCCCCC=C[C@H]1CCC2OC(C(I)CCCCO)C(F)[C@@H]21. The minimum absolute atomic E-state index is 0.0667. The molecule has 2 nitrogen and oxygen atoms in total. The third kappa shape index (κ3) is 5.66. The largest absolute Gasteiger partial charge is 0.396 e. The van der Waals surface area contributed by atoms with Crippen LogP contribution in [0.5, 0.6) is 0 Å². The van der Waals surface area contributed by atoms with Crippen LogP contribution in [0.4, 0.5) is 4.39 Å². The molecule has 2 rings (SSSR count). The van der Waals surface area contributed by atoms with Crippen LogP contribution in [0.2, 0.25) is 0 Å². The number of fused-ring (bicyclic) bond motifs is 1. The Morgan fingerprint density at radius 1 is 1.21 bits per heavy atom. The van der Waals surface area contributed by atoms with Crippen molar-refractivity contribution >= 4 is 22.6 Å². The Balaban J connectivity index is 1.79. The van der Waals surface area contributed by atoms with Crippen molar-refractivity contribution in [3.63, 3.8) is 0 Å². The first kappa shape index (κ1) is 20.6. The highest BCUT2D eigenvalue weighted by molar-refractivity contribution is 14.1. The highest BCUT2D eigenvalue weighted by Gasteiger charge is 2.52. The van der Waals surface area contributed by atoms with Crippen LogP contribution in [0, 0.1) is 11.8 Å². The molecule has 0 aromatic rings. The molecule has 24 heavy (non-hydrogen) atoms. The number of ether oxygens (including phenoxy) is 1. The average Bonchev–Trinajstić information content (AvgIpc) is 3.12. The van der Waals surface area contributed by atoms with Gasteiger partial charge in [-0.15, -0.1) is 0 Å². The van der Waals surface area contributed by atoms with Crippen molar-refractivity contribution in [2.24, 2.45) is 11.8 Å². The first-order chi connectivity index (χ1) is 11.7. The Morgan fingerprint density at radius 2 is 2.04 bits per heavy atom. The Hall–Kier alpha value is 0.320. The predicted molar refractivity (Wildman–Crippen MR) is 106 cm³/mol. The van der Waals surface area contributed by atoms with E-state index in [1.165, 1.54) is 25.7 Å². The van der Waals surface area contributed by atoms with Gasteiger partial charge in [0, 0.05) is 16.4 Å². The number of hydrogen-bond donors (Lipinski definition) is 1. The van der Waals surface area contributed by atoms with E-state index in [0.29, 0.717) is 5.92 Å². The van der Waals surface area contributed by atoms with Crippen LogP contribution in [0.3, 0.4) is 0 Å². The van der Waals surface area contributed by atoms with Gasteiger partial charge in [0.05, 0.1) is 6.10 Å². The third-order valence-electron chi connectivity index (χ3n) is 5.57. The number of rotatable bonds is 11. The number of halogens is 2. The third-order valence-corrected chi connectivity index (χ3v) is 6.91. The summed E-state index contributed by atoms with van der Waals surface area (Å²) in [6.07, 6.45) is 14.7. The average molecular weight is 452 g/mol. The maximum Gasteiger partial charge on any atom is 0.133 e. The van der Waals surface area contributed by atoms with Crippen LogP contribution in [0.25, 0.3) is 0 Å². The van der Waals surface area contributed by atoms with Gasteiger partial charge in [0.25, 0.3) is 0 Å². The fourth-order valence-electron chi connectivity index (χ4n) is 4.20. The van der Waals surface area contributed by atoms with Crippen molar-refractivity contribution in [1.29, 1.82) is 0 Å². The zero-order valence-electron chi connectivity index (χ0n) is 15.0. The summed E-state index contributed by atoms with van der Waals surface area (Å²) < 4.78 is 21.3. The van der Waals surface area contributed by atoms with E-state index in [4.69, 9.17) is 9.84 Å². The topological polar surface area (TPSA) is 29.5 Å². The number of aliphatic hydroxyl groups excluding tert-OH is 1. The molecule has 2 aliphatic rings. The molecule has 140 valence electrons. The molecule has 4 unspecified atom stereocenters. The normalized spacial score (nSPS) is 34.1. The minimum atomic E-state index is -0.830. The number of allylic oxidation sites excluding steroid dienone is 2. The van der Waals surface area contributed by atoms with Crippen LogP contribution < -0.4 is 0 Å². The summed E-state index contributed by atoms with van der Waals surface area (Å²) in [6, 6.07) is 0. The van der Waals surface area contributed by atoms with Crippen LogP contribution in [0.15, 0.2) is 12.2 Å².